The summed E-state index contributed by atoms with van der Waals surface area (Å²) >= 11 is 0. The average molecular weight is 1320 g/mol. The van der Waals surface area contributed by atoms with E-state index in [1.165, 1.54) is 173 Å². The zero-order valence-corrected chi connectivity index (χ0v) is 62.0. The molecule has 0 amide bonds. The summed E-state index contributed by atoms with van der Waals surface area (Å²) in [7, 11) is 5.94. The number of hydrogen-bond donors (Lipinski definition) is 0. The van der Waals surface area contributed by atoms with E-state index >= 15 is 0 Å². The SMILES string of the molecule is CC/C=C\C/C=C\C/C=C\C/C=C\C/C=C\C/C=C\C/C=C\CCCCCCCCCCCCCCCCCCCCCC(=O)OC(COC(=O)CCCCCCCCCCCCCCC/C=C\C/C=C\C/C=C\C/C=C\C/C=C\CC)COC(OCC[N+](C)(C)C)C(=O)[O-]. The maximum atomic E-state index is 13.0. The van der Waals surface area contributed by atoms with Gasteiger partial charge in [0, 0.05) is 12.8 Å². The monoisotopic (exact) mass is 1320 g/mol. The van der Waals surface area contributed by atoms with Crippen molar-refractivity contribution in [3.05, 3.63) is 146 Å². The minimum absolute atomic E-state index is 0.144. The topological polar surface area (TPSA) is 111 Å². The highest BCUT2D eigenvalue weighted by molar-refractivity contribution is 5.70. The Morgan fingerprint density at radius 1 is 0.316 bits per heavy atom. The van der Waals surface area contributed by atoms with Crippen molar-refractivity contribution in [3.63, 3.8) is 0 Å². The smallest absolute Gasteiger partial charge is 0.306 e. The third kappa shape index (κ3) is 76.4. The van der Waals surface area contributed by atoms with E-state index in [4.69, 9.17) is 18.9 Å². The Morgan fingerprint density at radius 2 is 0.568 bits per heavy atom. The van der Waals surface area contributed by atoms with Crippen LogP contribution in [0.2, 0.25) is 0 Å². The van der Waals surface area contributed by atoms with Crippen molar-refractivity contribution >= 4 is 17.9 Å². The van der Waals surface area contributed by atoms with Crippen molar-refractivity contribution in [1.29, 1.82) is 0 Å². The number of carbonyl (C=O) groups excluding carboxylic acids is 3. The molecule has 0 aromatic heterocycles. The van der Waals surface area contributed by atoms with Crippen molar-refractivity contribution < 1.29 is 42.9 Å². The van der Waals surface area contributed by atoms with Crippen molar-refractivity contribution in [1.82, 2.24) is 0 Å². The van der Waals surface area contributed by atoms with E-state index in [9.17, 15) is 19.5 Å². The number of quaternary nitrogens is 1. The molecule has 0 saturated carbocycles. The molecule has 0 aromatic carbocycles. The molecule has 0 aromatic rings. The van der Waals surface area contributed by atoms with E-state index in [0.717, 1.165) is 116 Å². The van der Waals surface area contributed by atoms with E-state index in [1.54, 1.807) is 0 Å². The lowest BCUT2D eigenvalue weighted by molar-refractivity contribution is -0.870. The van der Waals surface area contributed by atoms with Crippen LogP contribution in [-0.2, 0) is 33.3 Å². The zero-order chi connectivity index (χ0) is 69.0. The van der Waals surface area contributed by atoms with Crippen LogP contribution in [0.25, 0.3) is 0 Å². The molecule has 2 unspecified atom stereocenters. The molecule has 0 radical (unpaired) electrons. The quantitative estimate of drug-likeness (QED) is 0.0195. The van der Waals surface area contributed by atoms with Crippen LogP contribution in [0.15, 0.2) is 146 Å². The fourth-order valence-electron chi connectivity index (χ4n) is 10.7. The van der Waals surface area contributed by atoms with E-state index < -0.39 is 24.3 Å². The molecule has 0 aliphatic carbocycles. The molecule has 0 bridgehead atoms. The predicted molar refractivity (Wildman–Crippen MR) is 407 cm³/mol. The molecule has 9 heteroatoms. The summed E-state index contributed by atoms with van der Waals surface area (Å²) in [6.45, 7) is 4.54. The minimum Gasteiger partial charge on any atom is -0.545 e. The second-order valence-corrected chi connectivity index (χ2v) is 26.9. The molecule has 0 heterocycles. The molecular formula is C86H145NO8. The average Bonchev–Trinajstić information content (AvgIpc) is 3.54. The summed E-state index contributed by atoms with van der Waals surface area (Å²) in [5, 5.41) is 11.9. The summed E-state index contributed by atoms with van der Waals surface area (Å²) in [5.74, 6) is -2.28. The van der Waals surface area contributed by atoms with Crippen LogP contribution in [0, 0.1) is 0 Å². The summed E-state index contributed by atoms with van der Waals surface area (Å²) in [6, 6.07) is 0. The number of ether oxygens (including phenoxy) is 4. The number of unbranched alkanes of at least 4 members (excludes halogenated alkanes) is 32. The Bertz CT molecular complexity index is 2080. The van der Waals surface area contributed by atoms with Crippen molar-refractivity contribution in [2.75, 3.05) is 47.5 Å². The second-order valence-electron chi connectivity index (χ2n) is 26.9. The largest absolute Gasteiger partial charge is 0.545 e. The summed E-state index contributed by atoms with van der Waals surface area (Å²) in [6.07, 6.45) is 107. The second kappa shape index (κ2) is 75.0. The fraction of sp³-hybridized carbons (Fsp3) is 0.686. The van der Waals surface area contributed by atoms with Gasteiger partial charge in [-0.25, -0.2) is 0 Å². The molecule has 0 rings (SSSR count). The van der Waals surface area contributed by atoms with Crippen LogP contribution in [0.5, 0.6) is 0 Å². The van der Waals surface area contributed by atoms with E-state index in [-0.39, 0.29) is 38.6 Å². The zero-order valence-electron chi connectivity index (χ0n) is 62.0. The molecule has 0 N–H and O–H groups in total. The van der Waals surface area contributed by atoms with Gasteiger partial charge in [-0.2, -0.15) is 0 Å². The molecule has 95 heavy (non-hydrogen) atoms. The number of carbonyl (C=O) groups is 3. The number of aliphatic carboxylic acids is 1. The highest BCUT2D eigenvalue weighted by Crippen LogP contribution is 2.18. The number of nitrogens with zero attached hydrogens (tertiary/aromatic N) is 1. The van der Waals surface area contributed by atoms with Gasteiger partial charge in [-0.05, 0) is 116 Å². The maximum absolute atomic E-state index is 13.0. The van der Waals surface area contributed by atoms with E-state index in [2.05, 4.69) is 160 Å². The van der Waals surface area contributed by atoms with Crippen molar-refractivity contribution in [2.24, 2.45) is 0 Å². The maximum Gasteiger partial charge on any atom is 0.306 e. The van der Waals surface area contributed by atoms with E-state index in [0.29, 0.717) is 17.4 Å². The predicted octanol–water partition coefficient (Wildman–Crippen LogP) is 23.7. The molecule has 0 spiro atoms. The summed E-state index contributed by atoms with van der Waals surface area (Å²) in [5.41, 5.74) is 0. The number of carboxylic acid groups (broad SMARTS) is 1. The normalized spacial score (nSPS) is 13.5. The van der Waals surface area contributed by atoms with Crippen LogP contribution in [0.3, 0.4) is 0 Å². The van der Waals surface area contributed by atoms with Gasteiger partial charge in [-0.15, -0.1) is 0 Å². The molecule has 0 fully saturated rings. The van der Waals surface area contributed by atoms with Gasteiger partial charge in [0.25, 0.3) is 0 Å². The number of rotatable bonds is 71. The van der Waals surface area contributed by atoms with Gasteiger partial charge < -0.3 is 33.3 Å². The Labute approximate surface area is 585 Å². The van der Waals surface area contributed by atoms with Crippen LogP contribution >= 0.6 is 0 Å². The number of carboxylic acids is 1. The molecule has 0 aliphatic heterocycles. The van der Waals surface area contributed by atoms with Crippen LogP contribution in [-0.4, -0.2) is 82.3 Å². The fourth-order valence-corrected chi connectivity index (χ4v) is 10.7. The molecule has 542 valence electrons. The Morgan fingerprint density at radius 3 is 0.842 bits per heavy atom. The molecule has 0 aliphatic rings. The van der Waals surface area contributed by atoms with Gasteiger partial charge in [0.2, 0.25) is 0 Å². The minimum atomic E-state index is -1.63. The van der Waals surface area contributed by atoms with Gasteiger partial charge in [0.05, 0.1) is 40.3 Å². The third-order valence-corrected chi connectivity index (χ3v) is 16.6. The molecular weight excluding hydrogens is 1170 g/mol. The first kappa shape index (κ1) is 90.2. The standard InChI is InChI=1S/C86H145NO8/c1-6-8-10-12-14-16-18-20-22-24-26-28-30-32-34-36-37-38-39-40-41-42-43-44-45-46-47-49-51-53-55-57-59-61-63-65-67-69-71-73-75-77-84(89)95-82(81-94-86(85(90)91)92-79-78-87(3,4)5)80-93-83(88)76-74-72-70-68-66-64-62-60-58-56-54-52-50-48-35-33-31-29-27-25-23-21-19-17-15-13-11-9-7-2/h8-11,14-17,20-23,26-29,32-35,37-38,40-41,82,86H,6-7,12-13,18-19,24-25,30-31,36,39,42-81H2,1-5H3/b10-8-,11-9-,16-14-,17-15-,22-20-,23-21-,28-26-,29-27-,34-32-,35-33-,38-37-,41-40-. The number of hydrogen-bond acceptors (Lipinski definition) is 8. The van der Waals surface area contributed by atoms with Gasteiger partial charge in [0.1, 0.15) is 13.2 Å². The van der Waals surface area contributed by atoms with Crippen molar-refractivity contribution in [3.8, 4) is 0 Å². The molecule has 2 atom stereocenters. The van der Waals surface area contributed by atoms with Gasteiger partial charge >= 0.3 is 11.9 Å². The van der Waals surface area contributed by atoms with Gasteiger partial charge in [-0.1, -0.05) is 339 Å². The molecule has 0 saturated heterocycles. The number of likely N-dealkylation sites (N-methyl/N-ethyl adjacent to an activating group) is 1. The Balaban J connectivity index is 4.04. The van der Waals surface area contributed by atoms with E-state index in [1.807, 2.05) is 21.1 Å². The Kier molecular flexibility index (Phi) is 71.1. The van der Waals surface area contributed by atoms with Crippen LogP contribution in [0.1, 0.15) is 322 Å². The first-order valence-corrected chi connectivity index (χ1v) is 39.0. The number of esters is 2. The summed E-state index contributed by atoms with van der Waals surface area (Å²) < 4.78 is 22.9. The highest BCUT2D eigenvalue weighted by atomic mass is 16.7. The van der Waals surface area contributed by atoms with Gasteiger partial charge in [-0.3, -0.25) is 9.59 Å². The lowest BCUT2D eigenvalue weighted by Crippen LogP contribution is -2.44. The first-order valence-electron chi connectivity index (χ1n) is 39.0. The van der Waals surface area contributed by atoms with Crippen molar-refractivity contribution in [2.45, 2.75) is 334 Å². The van der Waals surface area contributed by atoms with Gasteiger partial charge in [0.15, 0.2) is 12.4 Å². The molecule has 9 nitrogen and oxygen atoms in total. The Hall–Kier alpha value is -4.83. The lowest BCUT2D eigenvalue weighted by atomic mass is 10.0. The highest BCUT2D eigenvalue weighted by Gasteiger charge is 2.22. The lowest BCUT2D eigenvalue weighted by Gasteiger charge is -2.26. The third-order valence-electron chi connectivity index (χ3n) is 16.6. The first-order chi connectivity index (χ1) is 46.6. The summed E-state index contributed by atoms with van der Waals surface area (Å²) in [4.78, 5) is 37.6. The van der Waals surface area contributed by atoms with Crippen LogP contribution < -0.4 is 5.11 Å². The van der Waals surface area contributed by atoms with Crippen LogP contribution in [0.4, 0.5) is 0 Å². The number of allylic oxidation sites excluding steroid dienone is 24.